The molecule has 0 aliphatic rings. The van der Waals surface area contributed by atoms with Crippen LogP contribution < -0.4 is 5.32 Å². The van der Waals surface area contributed by atoms with Crippen LogP contribution >= 0.6 is 33.9 Å². The minimum absolute atomic E-state index is 0.226. The van der Waals surface area contributed by atoms with Crippen LogP contribution in [0.4, 0.5) is 10.1 Å². The fraction of sp³-hybridized carbons (Fsp3) is 0.0667. The highest BCUT2D eigenvalue weighted by atomic mass is 127. The Morgan fingerprint density at radius 2 is 2.14 bits per heavy atom. The quantitative estimate of drug-likeness (QED) is 0.640. The van der Waals surface area contributed by atoms with Crippen molar-refractivity contribution in [1.29, 1.82) is 0 Å². The van der Waals surface area contributed by atoms with E-state index in [4.69, 9.17) is 0 Å². The van der Waals surface area contributed by atoms with Gasteiger partial charge in [0.15, 0.2) is 0 Å². The van der Waals surface area contributed by atoms with E-state index in [1.807, 2.05) is 23.6 Å². The lowest BCUT2D eigenvalue weighted by Gasteiger charge is -2.06. The predicted molar refractivity (Wildman–Crippen MR) is 91.8 cm³/mol. The van der Waals surface area contributed by atoms with Gasteiger partial charge in [0.2, 0.25) is 0 Å². The highest BCUT2D eigenvalue weighted by molar-refractivity contribution is 14.1. The van der Waals surface area contributed by atoms with Gasteiger partial charge in [-0.05, 0) is 52.9 Å². The van der Waals surface area contributed by atoms with Gasteiger partial charge in [-0.15, -0.1) is 11.3 Å². The van der Waals surface area contributed by atoms with Crippen molar-refractivity contribution in [2.75, 3.05) is 5.32 Å². The number of benzene rings is 1. The molecule has 0 radical (unpaired) electrons. The largest absolute Gasteiger partial charge is 0.378 e. The highest BCUT2D eigenvalue weighted by Gasteiger charge is 2.06. The molecule has 3 aromatic rings. The SMILES string of the molecule is Fc1ccc(NCc2csc(-c3ccccn3)n2)c(I)c1. The van der Waals surface area contributed by atoms with E-state index in [1.165, 1.54) is 12.1 Å². The van der Waals surface area contributed by atoms with Crippen molar-refractivity contribution in [2.24, 2.45) is 0 Å². The molecule has 0 aliphatic carbocycles. The third-order valence-corrected chi connectivity index (χ3v) is 4.63. The van der Waals surface area contributed by atoms with E-state index < -0.39 is 0 Å². The minimum atomic E-state index is -0.226. The Hall–Kier alpha value is -1.54. The van der Waals surface area contributed by atoms with Crippen LogP contribution in [0.2, 0.25) is 0 Å². The van der Waals surface area contributed by atoms with E-state index in [0.29, 0.717) is 6.54 Å². The first-order chi connectivity index (χ1) is 10.2. The summed E-state index contributed by atoms with van der Waals surface area (Å²) in [4.78, 5) is 8.85. The number of nitrogens with one attached hydrogen (secondary N) is 1. The smallest absolute Gasteiger partial charge is 0.142 e. The third kappa shape index (κ3) is 3.56. The second-order valence-corrected chi connectivity index (χ2v) is 6.36. The lowest BCUT2D eigenvalue weighted by atomic mass is 10.3. The van der Waals surface area contributed by atoms with E-state index in [9.17, 15) is 4.39 Å². The van der Waals surface area contributed by atoms with Gasteiger partial charge >= 0.3 is 0 Å². The van der Waals surface area contributed by atoms with Crippen molar-refractivity contribution in [1.82, 2.24) is 9.97 Å². The van der Waals surface area contributed by atoms with Gasteiger partial charge in [-0.3, -0.25) is 4.98 Å². The number of nitrogens with zero attached hydrogens (tertiary/aromatic N) is 2. The monoisotopic (exact) mass is 411 g/mol. The van der Waals surface area contributed by atoms with Gasteiger partial charge in [-0.25, -0.2) is 9.37 Å². The number of aromatic nitrogens is 2. The molecule has 1 N–H and O–H groups in total. The molecule has 6 heteroatoms. The Bertz CT molecular complexity index is 746. The average molecular weight is 411 g/mol. The first-order valence-corrected chi connectivity index (χ1v) is 8.23. The first kappa shape index (κ1) is 14.4. The van der Waals surface area contributed by atoms with Gasteiger partial charge in [-0.1, -0.05) is 6.07 Å². The number of anilines is 1. The Labute approximate surface area is 139 Å². The second kappa shape index (κ2) is 6.48. The molecule has 0 bridgehead atoms. The van der Waals surface area contributed by atoms with E-state index in [-0.39, 0.29) is 5.82 Å². The molecular formula is C15H11FIN3S. The summed E-state index contributed by atoms with van der Waals surface area (Å²) < 4.78 is 13.9. The zero-order valence-corrected chi connectivity index (χ0v) is 13.9. The standard InChI is InChI=1S/C15H11FIN3S/c16-10-4-5-13(12(17)7-10)19-8-11-9-21-15(20-11)14-3-1-2-6-18-14/h1-7,9,19H,8H2. The summed E-state index contributed by atoms with van der Waals surface area (Å²) in [5, 5.41) is 6.18. The third-order valence-electron chi connectivity index (χ3n) is 2.83. The van der Waals surface area contributed by atoms with E-state index in [0.717, 1.165) is 25.7 Å². The Balaban J connectivity index is 1.70. The maximum atomic E-state index is 13.1. The number of thiazole rings is 1. The van der Waals surface area contributed by atoms with Crippen LogP contribution in [0.25, 0.3) is 10.7 Å². The summed E-state index contributed by atoms with van der Waals surface area (Å²) in [5.41, 5.74) is 2.73. The molecule has 3 rings (SSSR count). The summed E-state index contributed by atoms with van der Waals surface area (Å²) in [6, 6.07) is 10.5. The first-order valence-electron chi connectivity index (χ1n) is 6.27. The molecule has 0 unspecified atom stereocenters. The van der Waals surface area contributed by atoms with Gasteiger partial charge in [0, 0.05) is 20.8 Å². The second-order valence-electron chi connectivity index (χ2n) is 4.34. The number of hydrogen-bond donors (Lipinski definition) is 1. The maximum Gasteiger partial charge on any atom is 0.142 e. The molecule has 0 saturated carbocycles. The molecule has 106 valence electrons. The molecule has 2 aromatic heterocycles. The lowest BCUT2D eigenvalue weighted by molar-refractivity contribution is 0.627. The van der Waals surface area contributed by atoms with Crippen LogP contribution in [-0.4, -0.2) is 9.97 Å². The summed E-state index contributed by atoms with van der Waals surface area (Å²) in [5.74, 6) is -0.226. The van der Waals surface area contributed by atoms with Crippen molar-refractivity contribution in [2.45, 2.75) is 6.54 Å². The molecule has 2 heterocycles. The van der Waals surface area contributed by atoms with Gasteiger partial charge in [-0.2, -0.15) is 0 Å². The van der Waals surface area contributed by atoms with Crippen molar-refractivity contribution >= 4 is 39.6 Å². The zero-order chi connectivity index (χ0) is 14.7. The maximum absolute atomic E-state index is 13.1. The molecule has 0 saturated heterocycles. The summed E-state index contributed by atoms with van der Waals surface area (Å²) in [6.45, 7) is 0.602. The topological polar surface area (TPSA) is 37.8 Å². The lowest BCUT2D eigenvalue weighted by Crippen LogP contribution is -2.01. The fourth-order valence-corrected chi connectivity index (χ4v) is 3.28. The minimum Gasteiger partial charge on any atom is -0.378 e. The van der Waals surface area contributed by atoms with Crippen LogP contribution in [0.5, 0.6) is 0 Å². The van der Waals surface area contributed by atoms with E-state index in [1.54, 1.807) is 23.6 Å². The van der Waals surface area contributed by atoms with Gasteiger partial charge < -0.3 is 5.32 Å². The van der Waals surface area contributed by atoms with Gasteiger partial charge in [0.25, 0.3) is 0 Å². The van der Waals surface area contributed by atoms with Crippen molar-refractivity contribution in [3.8, 4) is 10.7 Å². The number of pyridine rings is 1. The average Bonchev–Trinajstić information content (AvgIpc) is 2.96. The van der Waals surface area contributed by atoms with Crippen molar-refractivity contribution < 1.29 is 4.39 Å². The summed E-state index contributed by atoms with van der Waals surface area (Å²) in [6.07, 6.45) is 1.76. The number of rotatable bonds is 4. The molecule has 0 aliphatic heterocycles. The molecule has 0 fully saturated rings. The normalized spacial score (nSPS) is 10.6. The molecule has 3 nitrogen and oxygen atoms in total. The van der Waals surface area contributed by atoms with Crippen LogP contribution in [0.15, 0.2) is 48.0 Å². The van der Waals surface area contributed by atoms with Crippen molar-refractivity contribution in [3.05, 3.63) is 63.1 Å². The molecule has 0 spiro atoms. The van der Waals surface area contributed by atoms with E-state index in [2.05, 4.69) is 37.9 Å². The Morgan fingerprint density at radius 3 is 2.90 bits per heavy atom. The van der Waals surface area contributed by atoms with Gasteiger partial charge in [0.05, 0.1) is 17.9 Å². The van der Waals surface area contributed by atoms with Gasteiger partial charge in [0.1, 0.15) is 10.8 Å². The van der Waals surface area contributed by atoms with Crippen LogP contribution in [-0.2, 0) is 6.54 Å². The predicted octanol–water partition coefficient (Wildman–Crippen LogP) is 4.56. The van der Waals surface area contributed by atoms with Crippen LogP contribution in [0, 0.1) is 9.39 Å². The fourth-order valence-electron chi connectivity index (χ4n) is 1.81. The molecule has 21 heavy (non-hydrogen) atoms. The number of hydrogen-bond acceptors (Lipinski definition) is 4. The molecule has 0 amide bonds. The molecule has 0 atom stereocenters. The summed E-state index contributed by atoms with van der Waals surface area (Å²) in [7, 11) is 0. The molecular weight excluding hydrogens is 400 g/mol. The Morgan fingerprint density at radius 1 is 1.24 bits per heavy atom. The van der Waals surface area contributed by atoms with Crippen LogP contribution in [0.3, 0.4) is 0 Å². The van der Waals surface area contributed by atoms with Crippen molar-refractivity contribution in [3.63, 3.8) is 0 Å². The summed E-state index contributed by atoms with van der Waals surface area (Å²) >= 11 is 3.68. The Kier molecular flexibility index (Phi) is 4.45. The molecule has 1 aromatic carbocycles. The van der Waals surface area contributed by atoms with Crippen LogP contribution in [0.1, 0.15) is 5.69 Å². The van der Waals surface area contributed by atoms with E-state index >= 15 is 0 Å². The zero-order valence-electron chi connectivity index (χ0n) is 10.9. The highest BCUT2D eigenvalue weighted by Crippen LogP contribution is 2.23. The number of halogens is 2.